The molecule has 1 N–H and O–H groups in total. The van der Waals surface area contributed by atoms with E-state index in [0.29, 0.717) is 26.3 Å². The third kappa shape index (κ3) is 4.91. The van der Waals surface area contributed by atoms with E-state index in [9.17, 15) is 14.7 Å². The molecule has 1 fully saturated rings. The molecule has 1 aromatic carbocycles. The largest absolute Gasteiger partial charge is 0.469 e. The highest BCUT2D eigenvalue weighted by Gasteiger charge is 2.35. The van der Waals surface area contributed by atoms with Gasteiger partial charge >= 0.3 is 5.97 Å². The molecule has 6 heteroatoms. The first-order valence-corrected chi connectivity index (χ1v) is 7.97. The second-order valence-electron chi connectivity index (χ2n) is 5.56. The zero-order chi connectivity index (χ0) is 17.4. The van der Waals surface area contributed by atoms with E-state index in [-0.39, 0.29) is 6.42 Å². The summed E-state index contributed by atoms with van der Waals surface area (Å²) in [6.45, 7) is 1.72. The van der Waals surface area contributed by atoms with Crippen molar-refractivity contribution in [2.24, 2.45) is 5.92 Å². The minimum Gasteiger partial charge on any atom is -0.469 e. The number of carbonyl (C=O) groups excluding carboxylic acids is 2. The quantitative estimate of drug-likeness (QED) is 0.789. The number of hydrogen-bond donors (Lipinski definition) is 1. The highest BCUT2D eigenvalue weighted by Crippen LogP contribution is 2.17. The van der Waals surface area contributed by atoms with Crippen molar-refractivity contribution in [3.8, 4) is 0 Å². The first-order valence-electron chi connectivity index (χ1n) is 7.97. The molecule has 1 aliphatic rings. The number of aliphatic hydroxyl groups excluding tert-OH is 1. The Labute approximate surface area is 141 Å². The van der Waals surface area contributed by atoms with Crippen molar-refractivity contribution in [1.29, 1.82) is 0 Å². The fourth-order valence-corrected chi connectivity index (χ4v) is 2.56. The molecular formula is C18H23NO5. The molecule has 0 radical (unpaired) electrons. The third-order valence-corrected chi connectivity index (χ3v) is 3.96. The van der Waals surface area contributed by atoms with Crippen molar-refractivity contribution in [2.45, 2.75) is 12.5 Å². The molecule has 2 atom stereocenters. The molecular weight excluding hydrogens is 310 g/mol. The number of ether oxygens (including phenoxy) is 2. The highest BCUT2D eigenvalue weighted by molar-refractivity contribution is 5.87. The summed E-state index contributed by atoms with van der Waals surface area (Å²) in [5.74, 6) is -1.98. The minimum absolute atomic E-state index is 0.221. The van der Waals surface area contributed by atoms with Gasteiger partial charge in [0.2, 0.25) is 0 Å². The molecule has 1 amide bonds. The predicted molar refractivity (Wildman–Crippen MR) is 89.0 cm³/mol. The number of rotatable bonds is 6. The maximum atomic E-state index is 12.4. The summed E-state index contributed by atoms with van der Waals surface area (Å²) in [4.78, 5) is 25.9. The lowest BCUT2D eigenvalue weighted by atomic mass is 9.96. The maximum absolute atomic E-state index is 12.4. The van der Waals surface area contributed by atoms with Crippen LogP contribution in [0.3, 0.4) is 0 Å². The number of amides is 1. The van der Waals surface area contributed by atoms with Crippen LogP contribution in [0.1, 0.15) is 12.0 Å². The molecule has 0 saturated carbocycles. The first kappa shape index (κ1) is 18.2. The van der Waals surface area contributed by atoms with Crippen LogP contribution in [0.15, 0.2) is 36.4 Å². The Bertz CT molecular complexity index is 566. The van der Waals surface area contributed by atoms with Crippen molar-refractivity contribution in [3.05, 3.63) is 42.0 Å². The van der Waals surface area contributed by atoms with Gasteiger partial charge in [-0.1, -0.05) is 42.5 Å². The van der Waals surface area contributed by atoms with Gasteiger partial charge in [-0.3, -0.25) is 9.59 Å². The van der Waals surface area contributed by atoms with E-state index >= 15 is 0 Å². The molecule has 2 rings (SSSR count). The number of hydrogen-bond acceptors (Lipinski definition) is 5. The molecule has 130 valence electrons. The summed E-state index contributed by atoms with van der Waals surface area (Å²) in [5.41, 5.74) is 0.982. The van der Waals surface area contributed by atoms with Gasteiger partial charge in [0.05, 0.1) is 26.2 Å². The minimum atomic E-state index is -1.42. The summed E-state index contributed by atoms with van der Waals surface area (Å²) in [6, 6.07) is 9.60. The van der Waals surface area contributed by atoms with Crippen LogP contribution in [0.4, 0.5) is 0 Å². The Morgan fingerprint density at radius 1 is 1.29 bits per heavy atom. The lowest BCUT2D eigenvalue weighted by Gasteiger charge is -2.30. The summed E-state index contributed by atoms with van der Waals surface area (Å²) in [6.07, 6.45) is 2.42. The van der Waals surface area contributed by atoms with Crippen LogP contribution < -0.4 is 0 Å². The van der Waals surface area contributed by atoms with Crippen LogP contribution >= 0.6 is 0 Å². The van der Waals surface area contributed by atoms with Crippen molar-refractivity contribution in [3.63, 3.8) is 0 Å². The van der Waals surface area contributed by atoms with E-state index in [0.717, 1.165) is 5.56 Å². The summed E-state index contributed by atoms with van der Waals surface area (Å²) >= 11 is 0. The molecule has 0 bridgehead atoms. The lowest BCUT2D eigenvalue weighted by molar-refractivity contribution is -0.159. The molecule has 0 spiro atoms. The zero-order valence-electron chi connectivity index (χ0n) is 13.8. The molecule has 1 saturated heterocycles. The van der Waals surface area contributed by atoms with Crippen LogP contribution in [-0.2, 0) is 19.1 Å². The second kappa shape index (κ2) is 9.20. The van der Waals surface area contributed by atoms with Gasteiger partial charge in [-0.25, -0.2) is 0 Å². The molecule has 1 aliphatic heterocycles. The summed E-state index contributed by atoms with van der Waals surface area (Å²) in [7, 11) is 1.25. The van der Waals surface area contributed by atoms with E-state index in [2.05, 4.69) is 0 Å². The predicted octanol–water partition coefficient (Wildman–Crippen LogP) is 1.10. The number of carbonyl (C=O) groups is 2. The molecule has 6 nitrogen and oxygen atoms in total. The van der Waals surface area contributed by atoms with Crippen LogP contribution in [-0.4, -0.2) is 61.4 Å². The monoisotopic (exact) mass is 333 g/mol. The Hall–Kier alpha value is -2.18. The number of nitrogens with zero attached hydrogens (tertiary/aromatic N) is 1. The molecule has 0 aromatic heterocycles. The van der Waals surface area contributed by atoms with Crippen LogP contribution in [0.2, 0.25) is 0 Å². The summed E-state index contributed by atoms with van der Waals surface area (Å²) in [5, 5.41) is 10.4. The molecule has 0 unspecified atom stereocenters. The van der Waals surface area contributed by atoms with Crippen molar-refractivity contribution in [1.82, 2.24) is 4.90 Å². The average molecular weight is 333 g/mol. The second-order valence-corrected chi connectivity index (χ2v) is 5.56. The fraction of sp³-hybridized carbons (Fsp3) is 0.444. The van der Waals surface area contributed by atoms with Gasteiger partial charge in [-0.05, 0) is 12.0 Å². The van der Waals surface area contributed by atoms with Gasteiger partial charge in [-0.15, -0.1) is 0 Å². The standard InChI is InChI=1S/C18H23NO5/c1-23-18(22)15(9-5-8-14-6-3-2-4-7-14)16(20)17(21)19-10-12-24-13-11-19/h2-8,15-16,20H,9-13H2,1H3/t15-,16+/m1/s1. The zero-order valence-corrected chi connectivity index (χ0v) is 13.8. The van der Waals surface area contributed by atoms with Crippen molar-refractivity contribution >= 4 is 18.0 Å². The Morgan fingerprint density at radius 2 is 1.96 bits per heavy atom. The number of esters is 1. The van der Waals surface area contributed by atoms with Gasteiger partial charge < -0.3 is 19.5 Å². The van der Waals surface area contributed by atoms with E-state index in [1.165, 1.54) is 12.0 Å². The maximum Gasteiger partial charge on any atom is 0.312 e. The van der Waals surface area contributed by atoms with Gasteiger partial charge in [0.15, 0.2) is 0 Å². The van der Waals surface area contributed by atoms with Gasteiger partial charge in [0.25, 0.3) is 5.91 Å². The third-order valence-electron chi connectivity index (χ3n) is 3.96. The highest BCUT2D eigenvalue weighted by atomic mass is 16.5. The Morgan fingerprint density at radius 3 is 2.58 bits per heavy atom. The number of allylic oxidation sites excluding steroid dienone is 1. The van der Waals surface area contributed by atoms with E-state index < -0.39 is 23.9 Å². The topological polar surface area (TPSA) is 76.1 Å². The Kier molecular flexibility index (Phi) is 6.96. The number of morpholine rings is 1. The van der Waals surface area contributed by atoms with E-state index in [1.54, 1.807) is 6.08 Å². The van der Waals surface area contributed by atoms with Gasteiger partial charge in [0.1, 0.15) is 6.10 Å². The van der Waals surface area contributed by atoms with Crippen LogP contribution in [0.25, 0.3) is 6.08 Å². The molecule has 0 aliphatic carbocycles. The van der Waals surface area contributed by atoms with Crippen molar-refractivity contribution in [2.75, 3.05) is 33.4 Å². The number of methoxy groups -OCH3 is 1. The van der Waals surface area contributed by atoms with E-state index in [1.807, 2.05) is 36.4 Å². The SMILES string of the molecule is COC(=O)[C@H](CC=Cc1ccccc1)[C@H](O)C(=O)N1CCOCC1. The van der Waals surface area contributed by atoms with Gasteiger partial charge in [0, 0.05) is 13.1 Å². The summed E-state index contributed by atoms with van der Waals surface area (Å²) < 4.78 is 9.94. The van der Waals surface area contributed by atoms with Crippen molar-refractivity contribution < 1.29 is 24.2 Å². The van der Waals surface area contributed by atoms with Crippen LogP contribution in [0.5, 0.6) is 0 Å². The number of aliphatic hydroxyl groups is 1. The normalized spacial score (nSPS) is 17.5. The smallest absolute Gasteiger partial charge is 0.312 e. The first-order chi connectivity index (χ1) is 11.6. The molecule has 1 aromatic rings. The molecule has 24 heavy (non-hydrogen) atoms. The Balaban J connectivity index is 2.02. The number of benzene rings is 1. The molecule has 1 heterocycles. The average Bonchev–Trinajstić information content (AvgIpc) is 2.65. The van der Waals surface area contributed by atoms with Crippen LogP contribution in [0, 0.1) is 5.92 Å². The van der Waals surface area contributed by atoms with Gasteiger partial charge in [-0.2, -0.15) is 0 Å². The van der Waals surface area contributed by atoms with E-state index in [4.69, 9.17) is 9.47 Å². The lowest BCUT2D eigenvalue weighted by Crippen LogP contribution is -2.49. The fourth-order valence-electron chi connectivity index (χ4n) is 2.56.